The van der Waals surface area contributed by atoms with Gasteiger partial charge in [-0.2, -0.15) is 5.26 Å². The van der Waals surface area contributed by atoms with E-state index < -0.39 is 6.10 Å². The molecule has 0 heterocycles. The van der Waals surface area contributed by atoms with Crippen LogP contribution >= 0.6 is 22.6 Å². The zero-order chi connectivity index (χ0) is 13.7. The first-order valence-corrected chi connectivity index (χ1v) is 6.84. The van der Waals surface area contributed by atoms with E-state index in [0.717, 1.165) is 9.32 Å². The molecule has 1 atom stereocenters. The van der Waals surface area contributed by atoms with Gasteiger partial charge < -0.3 is 9.84 Å². The number of aliphatic hydroxyl groups is 1. The maximum atomic E-state index is 10.1. The largest absolute Gasteiger partial charge is 0.489 e. The van der Waals surface area contributed by atoms with Gasteiger partial charge in [0.25, 0.3) is 0 Å². The van der Waals surface area contributed by atoms with Crippen molar-refractivity contribution in [3.63, 3.8) is 0 Å². The summed E-state index contributed by atoms with van der Waals surface area (Å²) in [5.41, 5.74) is 1.22. The van der Waals surface area contributed by atoms with E-state index in [1.165, 1.54) is 0 Å². The SMILES string of the molecule is N#Cc1cccc([C@H](O)COc2ccccc2I)c1. The van der Waals surface area contributed by atoms with E-state index in [2.05, 4.69) is 28.7 Å². The molecule has 2 aromatic carbocycles. The van der Waals surface area contributed by atoms with Crippen LogP contribution in [0.5, 0.6) is 5.75 Å². The number of halogens is 1. The summed E-state index contributed by atoms with van der Waals surface area (Å²) in [6, 6.07) is 16.6. The standard InChI is InChI=1S/C15H12INO2/c16-13-6-1-2-7-15(13)19-10-14(18)12-5-3-4-11(8-12)9-17/h1-8,14,18H,10H2/t14-/m1/s1. The van der Waals surface area contributed by atoms with Crippen LogP contribution in [-0.4, -0.2) is 11.7 Å². The molecular formula is C15H12INO2. The third-order valence-electron chi connectivity index (χ3n) is 2.63. The highest BCUT2D eigenvalue weighted by Crippen LogP contribution is 2.22. The molecule has 3 nitrogen and oxygen atoms in total. The first-order valence-electron chi connectivity index (χ1n) is 5.76. The Labute approximate surface area is 125 Å². The maximum absolute atomic E-state index is 10.1. The number of aliphatic hydroxyl groups excluding tert-OH is 1. The lowest BCUT2D eigenvalue weighted by Crippen LogP contribution is -2.10. The Kier molecular flexibility index (Phi) is 4.77. The highest BCUT2D eigenvalue weighted by molar-refractivity contribution is 14.1. The molecule has 0 unspecified atom stereocenters. The minimum absolute atomic E-state index is 0.162. The molecule has 4 heteroatoms. The minimum atomic E-state index is -0.746. The van der Waals surface area contributed by atoms with Crippen molar-refractivity contribution in [3.8, 4) is 11.8 Å². The van der Waals surface area contributed by atoms with Crippen LogP contribution in [0.25, 0.3) is 0 Å². The van der Waals surface area contributed by atoms with E-state index in [9.17, 15) is 5.11 Å². The molecule has 0 aliphatic rings. The van der Waals surface area contributed by atoms with Crippen LogP contribution in [0.15, 0.2) is 48.5 Å². The summed E-state index contributed by atoms with van der Waals surface area (Å²) in [4.78, 5) is 0. The van der Waals surface area contributed by atoms with E-state index >= 15 is 0 Å². The molecule has 0 amide bonds. The molecule has 0 bridgehead atoms. The molecule has 0 saturated heterocycles. The Morgan fingerprint density at radius 1 is 1.21 bits per heavy atom. The highest BCUT2D eigenvalue weighted by Gasteiger charge is 2.10. The monoisotopic (exact) mass is 365 g/mol. The topological polar surface area (TPSA) is 53.2 Å². The van der Waals surface area contributed by atoms with Crippen molar-refractivity contribution in [2.45, 2.75) is 6.10 Å². The summed E-state index contributed by atoms with van der Waals surface area (Å²) < 4.78 is 6.58. The lowest BCUT2D eigenvalue weighted by Gasteiger charge is -2.13. The number of hydrogen-bond acceptors (Lipinski definition) is 3. The van der Waals surface area contributed by atoms with E-state index in [4.69, 9.17) is 10.00 Å². The Balaban J connectivity index is 2.03. The Morgan fingerprint density at radius 3 is 2.74 bits per heavy atom. The zero-order valence-corrected chi connectivity index (χ0v) is 12.2. The van der Waals surface area contributed by atoms with Gasteiger partial charge in [-0.1, -0.05) is 24.3 Å². The van der Waals surface area contributed by atoms with Gasteiger partial charge in [0.05, 0.1) is 15.2 Å². The smallest absolute Gasteiger partial charge is 0.132 e. The van der Waals surface area contributed by atoms with E-state index in [1.807, 2.05) is 24.3 Å². The minimum Gasteiger partial charge on any atom is -0.489 e. The van der Waals surface area contributed by atoms with Crippen molar-refractivity contribution in [2.75, 3.05) is 6.61 Å². The number of ether oxygens (including phenoxy) is 1. The second kappa shape index (κ2) is 6.55. The molecular weight excluding hydrogens is 353 g/mol. The van der Waals surface area contributed by atoms with Gasteiger partial charge in [-0.3, -0.25) is 0 Å². The molecule has 0 spiro atoms. The van der Waals surface area contributed by atoms with Crippen molar-refractivity contribution in [2.24, 2.45) is 0 Å². The van der Waals surface area contributed by atoms with E-state index in [-0.39, 0.29) is 6.61 Å². The van der Waals surface area contributed by atoms with Gasteiger partial charge in [-0.15, -0.1) is 0 Å². The first kappa shape index (κ1) is 13.8. The summed E-state index contributed by atoms with van der Waals surface area (Å²) >= 11 is 2.18. The van der Waals surface area contributed by atoms with Crippen LogP contribution in [0.3, 0.4) is 0 Å². The number of rotatable bonds is 4. The molecule has 0 saturated carbocycles. The van der Waals surface area contributed by atoms with Crippen LogP contribution in [0, 0.1) is 14.9 Å². The predicted octanol–water partition coefficient (Wildman–Crippen LogP) is 3.28. The highest BCUT2D eigenvalue weighted by atomic mass is 127. The van der Waals surface area contributed by atoms with Gasteiger partial charge in [0, 0.05) is 0 Å². The summed E-state index contributed by atoms with van der Waals surface area (Å²) in [7, 11) is 0. The van der Waals surface area contributed by atoms with Gasteiger partial charge >= 0.3 is 0 Å². The summed E-state index contributed by atoms with van der Waals surface area (Å²) in [5.74, 6) is 0.749. The maximum Gasteiger partial charge on any atom is 0.132 e. The fraction of sp³-hybridized carbons (Fsp3) is 0.133. The third kappa shape index (κ3) is 3.69. The van der Waals surface area contributed by atoms with E-state index in [0.29, 0.717) is 11.1 Å². The molecule has 2 rings (SSSR count). The normalized spacial score (nSPS) is 11.6. The number of para-hydroxylation sites is 1. The van der Waals surface area contributed by atoms with Crippen molar-refractivity contribution in [1.82, 2.24) is 0 Å². The summed E-state index contributed by atoms with van der Waals surface area (Å²) in [5, 5.41) is 18.9. The number of hydrogen-bond donors (Lipinski definition) is 1. The Morgan fingerprint density at radius 2 is 2.00 bits per heavy atom. The molecule has 0 aliphatic heterocycles. The quantitative estimate of drug-likeness (QED) is 0.847. The fourth-order valence-corrected chi connectivity index (χ4v) is 2.19. The fourth-order valence-electron chi connectivity index (χ4n) is 1.64. The van der Waals surface area contributed by atoms with Crippen LogP contribution < -0.4 is 4.74 Å². The molecule has 2 aromatic rings. The van der Waals surface area contributed by atoms with Gasteiger partial charge in [0.1, 0.15) is 18.5 Å². The Bertz CT molecular complexity index is 607. The van der Waals surface area contributed by atoms with Crippen LogP contribution in [0.1, 0.15) is 17.2 Å². The summed E-state index contributed by atoms with van der Waals surface area (Å²) in [6.07, 6.45) is -0.746. The summed E-state index contributed by atoms with van der Waals surface area (Å²) in [6.45, 7) is 0.162. The van der Waals surface area contributed by atoms with Gasteiger partial charge in [0.15, 0.2) is 0 Å². The Hall–Kier alpha value is -1.58. The average Bonchev–Trinajstić information content (AvgIpc) is 2.46. The van der Waals surface area contributed by atoms with Gasteiger partial charge in [-0.25, -0.2) is 0 Å². The number of nitriles is 1. The zero-order valence-electron chi connectivity index (χ0n) is 10.1. The molecule has 1 N–H and O–H groups in total. The van der Waals surface area contributed by atoms with Crippen molar-refractivity contribution >= 4 is 22.6 Å². The van der Waals surface area contributed by atoms with Gasteiger partial charge in [-0.05, 0) is 52.4 Å². The molecule has 0 fully saturated rings. The van der Waals surface area contributed by atoms with Crippen molar-refractivity contribution in [1.29, 1.82) is 5.26 Å². The second-order valence-electron chi connectivity index (χ2n) is 3.99. The molecule has 0 aliphatic carbocycles. The van der Waals surface area contributed by atoms with Gasteiger partial charge in [0.2, 0.25) is 0 Å². The first-order chi connectivity index (χ1) is 9.20. The third-order valence-corrected chi connectivity index (χ3v) is 3.53. The number of benzene rings is 2. The van der Waals surface area contributed by atoms with Crippen molar-refractivity contribution in [3.05, 3.63) is 63.2 Å². The van der Waals surface area contributed by atoms with Crippen LogP contribution in [0.2, 0.25) is 0 Å². The lowest BCUT2D eigenvalue weighted by atomic mass is 10.1. The molecule has 96 valence electrons. The number of nitrogens with zero attached hydrogens (tertiary/aromatic N) is 1. The van der Waals surface area contributed by atoms with Crippen LogP contribution in [-0.2, 0) is 0 Å². The lowest BCUT2D eigenvalue weighted by molar-refractivity contribution is 0.107. The predicted molar refractivity (Wildman–Crippen MR) is 80.8 cm³/mol. The van der Waals surface area contributed by atoms with Crippen LogP contribution in [0.4, 0.5) is 0 Å². The average molecular weight is 365 g/mol. The molecule has 19 heavy (non-hydrogen) atoms. The van der Waals surface area contributed by atoms with E-state index in [1.54, 1.807) is 24.3 Å². The second-order valence-corrected chi connectivity index (χ2v) is 5.16. The van der Waals surface area contributed by atoms with Crippen molar-refractivity contribution < 1.29 is 9.84 Å². The molecule has 0 radical (unpaired) electrons. The molecule has 0 aromatic heterocycles.